The van der Waals surface area contributed by atoms with Gasteiger partial charge in [0.1, 0.15) is 5.82 Å². The van der Waals surface area contributed by atoms with E-state index < -0.39 is 0 Å². The molecule has 9 nitrogen and oxygen atoms in total. The van der Waals surface area contributed by atoms with Crippen molar-refractivity contribution in [2.45, 2.75) is 19.8 Å². The number of piperidine rings is 1. The summed E-state index contributed by atoms with van der Waals surface area (Å²) >= 11 is 0. The van der Waals surface area contributed by atoms with Crippen molar-refractivity contribution in [1.29, 1.82) is 0 Å². The normalized spacial score (nSPS) is 15.3. The molecule has 1 atom stereocenters. The summed E-state index contributed by atoms with van der Waals surface area (Å²) in [6.07, 6.45) is 8.83. The Balaban J connectivity index is 1.27. The summed E-state index contributed by atoms with van der Waals surface area (Å²) in [6, 6.07) is 14.9. The number of rotatable bonds is 7. The summed E-state index contributed by atoms with van der Waals surface area (Å²) in [4.78, 5) is 32.7. The average molecular weight is 496 g/mol. The van der Waals surface area contributed by atoms with Crippen LogP contribution >= 0.6 is 0 Å². The summed E-state index contributed by atoms with van der Waals surface area (Å²) in [7, 11) is 0. The predicted octanol–water partition coefficient (Wildman–Crippen LogP) is 4.45. The summed E-state index contributed by atoms with van der Waals surface area (Å²) in [5, 5.41) is 15.7. The van der Waals surface area contributed by atoms with Gasteiger partial charge < -0.3 is 20.6 Å². The molecule has 1 aliphatic heterocycles. The van der Waals surface area contributed by atoms with Gasteiger partial charge in [0.05, 0.1) is 11.3 Å². The number of aryl methyl sites for hydroxylation is 1. The fourth-order valence-electron chi connectivity index (χ4n) is 4.38. The standard InChI is InChI=1S/C28H29N7O2/c1-19-6-8-23(14-25(19)34-28-30-12-10-24(33-28)21-5-2-11-29-15-21)32-27(37)22-7-9-26(31-16-22)35-13-3-4-20(17-35)18-36/h2,5-12,14-16,20,36H,3-4,13,17-18H2,1H3,(H,32,37)(H,30,33,34). The largest absolute Gasteiger partial charge is 0.396 e. The van der Waals surface area contributed by atoms with E-state index in [1.165, 1.54) is 0 Å². The number of pyridine rings is 2. The van der Waals surface area contributed by atoms with E-state index >= 15 is 0 Å². The molecular formula is C28H29N7O2. The molecule has 1 fully saturated rings. The van der Waals surface area contributed by atoms with Gasteiger partial charge in [-0.05, 0) is 73.7 Å². The third-order valence-corrected chi connectivity index (χ3v) is 6.47. The minimum absolute atomic E-state index is 0.187. The zero-order valence-electron chi connectivity index (χ0n) is 20.6. The number of aliphatic hydroxyl groups is 1. The van der Waals surface area contributed by atoms with Gasteiger partial charge in [0.2, 0.25) is 5.95 Å². The molecule has 0 spiro atoms. The number of carbonyl (C=O) groups excluding carboxylic acids is 1. The van der Waals surface area contributed by atoms with Crippen LogP contribution in [0.4, 0.5) is 23.1 Å². The third kappa shape index (κ3) is 5.90. The highest BCUT2D eigenvalue weighted by molar-refractivity contribution is 6.04. The minimum atomic E-state index is -0.240. The van der Waals surface area contributed by atoms with Gasteiger partial charge in [-0.2, -0.15) is 0 Å². The van der Waals surface area contributed by atoms with E-state index in [1.54, 1.807) is 30.9 Å². The minimum Gasteiger partial charge on any atom is -0.396 e. The molecule has 0 saturated carbocycles. The number of hydrogen-bond donors (Lipinski definition) is 3. The molecule has 0 radical (unpaired) electrons. The SMILES string of the molecule is Cc1ccc(NC(=O)c2ccc(N3CCCC(CO)C3)nc2)cc1Nc1nccc(-c2cccnc2)n1. The zero-order valence-corrected chi connectivity index (χ0v) is 20.6. The molecule has 3 N–H and O–H groups in total. The second-order valence-electron chi connectivity index (χ2n) is 9.16. The Hall–Kier alpha value is -4.37. The van der Waals surface area contributed by atoms with Gasteiger partial charge in [-0.15, -0.1) is 0 Å². The number of nitrogens with one attached hydrogen (secondary N) is 2. The van der Waals surface area contributed by atoms with Gasteiger partial charge in [-0.25, -0.2) is 15.0 Å². The van der Waals surface area contributed by atoms with Crippen LogP contribution in [0.15, 0.2) is 73.3 Å². The lowest BCUT2D eigenvalue weighted by Gasteiger charge is -2.32. The van der Waals surface area contributed by atoms with Gasteiger partial charge in [0.25, 0.3) is 5.91 Å². The Morgan fingerprint density at radius 1 is 1.11 bits per heavy atom. The Morgan fingerprint density at radius 3 is 2.81 bits per heavy atom. The fourth-order valence-corrected chi connectivity index (χ4v) is 4.38. The van der Waals surface area contributed by atoms with Gasteiger partial charge in [0.15, 0.2) is 0 Å². The number of hydrogen-bond acceptors (Lipinski definition) is 8. The first-order valence-electron chi connectivity index (χ1n) is 12.3. The van der Waals surface area contributed by atoms with E-state index in [0.717, 1.165) is 54.3 Å². The summed E-state index contributed by atoms with van der Waals surface area (Å²) in [5.74, 6) is 1.31. The lowest BCUT2D eigenvalue weighted by molar-refractivity contribution is 0.102. The van der Waals surface area contributed by atoms with E-state index in [-0.39, 0.29) is 18.4 Å². The Labute approximate surface area is 215 Å². The smallest absolute Gasteiger partial charge is 0.257 e. The number of anilines is 4. The maximum absolute atomic E-state index is 12.9. The second-order valence-corrected chi connectivity index (χ2v) is 9.16. The van der Waals surface area contributed by atoms with E-state index in [1.807, 2.05) is 49.4 Å². The first kappa shape index (κ1) is 24.3. The number of carbonyl (C=O) groups is 1. The Kier molecular flexibility index (Phi) is 7.32. The Morgan fingerprint density at radius 2 is 2.03 bits per heavy atom. The summed E-state index contributed by atoms with van der Waals surface area (Å²) in [5.41, 5.74) is 4.56. The fraction of sp³-hybridized carbons (Fsp3) is 0.250. The maximum Gasteiger partial charge on any atom is 0.257 e. The van der Waals surface area contributed by atoms with Gasteiger partial charge in [-0.3, -0.25) is 9.78 Å². The highest BCUT2D eigenvalue weighted by Gasteiger charge is 2.20. The van der Waals surface area contributed by atoms with Crippen LogP contribution in [0, 0.1) is 12.8 Å². The third-order valence-electron chi connectivity index (χ3n) is 6.47. The second kappa shape index (κ2) is 11.1. The van der Waals surface area contributed by atoms with Crippen molar-refractivity contribution >= 4 is 29.0 Å². The van der Waals surface area contributed by atoms with Crippen LogP contribution in [0.5, 0.6) is 0 Å². The number of aliphatic hydroxyl groups excluding tert-OH is 1. The van der Waals surface area contributed by atoms with Crippen LogP contribution in [0.2, 0.25) is 0 Å². The number of benzene rings is 1. The molecule has 4 heterocycles. The highest BCUT2D eigenvalue weighted by Crippen LogP contribution is 2.25. The highest BCUT2D eigenvalue weighted by atomic mass is 16.3. The topological polar surface area (TPSA) is 116 Å². The lowest BCUT2D eigenvalue weighted by Crippen LogP contribution is -2.37. The number of amides is 1. The summed E-state index contributed by atoms with van der Waals surface area (Å²) in [6.45, 7) is 3.85. The molecule has 1 aromatic carbocycles. The van der Waals surface area contributed by atoms with Gasteiger partial charge >= 0.3 is 0 Å². The monoisotopic (exact) mass is 495 g/mol. The van der Waals surface area contributed by atoms with Gasteiger partial charge in [-0.1, -0.05) is 6.07 Å². The van der Waals surface area contributed by atoms with Crippen LogP contribution < -0.4 is 15.5 Å². The quantitative estimate of drug-likeness (QED) is 0.344. The van der Waals surface area contributed by atoms with Crippen LogP contribution in [-0.4, -0.2) is 50.6 Å². The molecule has 1 aliphatic rings. The van der Waals surface area contributed by atoms with Crippen molar-refractivity contribution in [3.05, 3.63) is 84.4 Å². The number of aromatic nitrogens is 4. The molecule has 188 valence electrons. The molecule has 0 aliphatic carbocycles. The molecule has 1 saturated heterocycles. The van der Waals surface area contributed by atoms with Crippen molar-refractivity contribution in [2.24, 2.45) is 5.92 Å². The molecule has 0 bridgehead atoms. The van der Waals surface area contributed by atoms with Crippen LogP contribution in [0.1, 0.15) is 28.8 Å². The molecule has 4 aromatic rings. The van der Waals surface area contributed by atoms with Crippen LogP contribution in [0.25, 0.3) is 11.3 Å². The van der Waals surface area contributed by atoms with Crippen molar-refractivity contribution < 1.29 is 9.90 Å². The van der Waals surface area contributed by atoms with Crippen molar-refractivity contribution in [3.63, 3.8) is 0 Å². The average Bonchev–Trinajstić information content (AvgIpc) is 2.95. The maximum atomic E-state index is 12.9. The molecule has 1 unspecified atom stereocenters. The number of nitrogens with zero attached hydrogens (tertiary/aromatic N) is 5. The molecule has 1 amide bonds. The first-order valence-corrected chi connectivity index (χ1v) is 12.3. The van der Waals surface area contributed by atoms with E-state index in [2.05, 4.69) is 35.5 Å². The van der Waals surface area contributed by atoms with Crippen molar-refractivity contribution in [3.8, 4) is 11.3 Å². The van der Waals surface area contributed by atoms with Crippen LogP contribution in [-0.2, 0) is 0 Å². The Bertz CT molecular complexity index is 1360. The van der Waals surface area contributed by atoms with E-state index in [9.17, 15) is 9.90 Å². The molecule has 9 heteroatoms. The molecule has 37 heavy (non-hydrogen) atoms. The van der Waals surface area contributed by atoms with E-state index in [4.69, 9.17) is 0 Å². The summed E-state index contributed by atoms with van der Waals surface area (Å²) < 4.78 is 0. The van der Waals surface area contributed by atoms with E-state index in [0.29, 0.717) is 17.2 Å². The predicted molar refractivity (Wildman–Crippen MR) is 144 cm³/mol. The van der Waals surface area contributed by atoms with Crippen molar-refractivity contribution in [2.75, 3.05) is 35.2 Å². The molecular weight excluding hydrogens is 466 g/mol. The molecule has 3 aromatic heterocycles. The van der Waals surface area contributed by atoms with Crippen molar-refractivity contribution in [1.82, 2.24) is 19.9 Å². The van der Waals surface area contributed by atoms with Gasteiger partial charge in [0, 0.05) is 61.4 Å². The lowest BCUT2D eigenvalue weighted by atomic mass is 9.99. The zero-order chi connectivity index (χ0) is 25.6. The van der Waals surface area contributed by atoms with Crippen LogP contribution in [0.3, 0.4) is 0 Å². The first-order chi connectivity index (χ1) is 18.1. The molecule has 5 rings (SSSR count).